The molecule has 1 N–H and O–H groups in total. The van der Waals surface area contributed by atoms with Gasteiger partial charge in [-0.15, -0.1) is 0 Å². The molecule has 1 fully saturated rings. The predicted octanol–water partition coefficient (Wildman–Crippen LogP) is 2.42. The average Bonchev–Trinajstić information content (AvgIpc) is 2.05. The van der Waals surface area contributed by atoms with E-state index in [1.807, 2.05) is 7.05 Å². The highest BCUT2D eigenvalue weighted by Crippen LogP contribution is 2.31. The Bertz CT molecular complexity index is 159. The highest BCUT2D eigenvalue weighted by Gasteiger charge is 2.28. The molecule has 0 saturated heterocycles. The van der Waals surface area contributed by atoms with Gasteiger partial charge in [-0.25, -0.2) is 0 Å². The topological polar surface area (TPSA) is 21.3 Å². The van der Waals surface area contributed by atoms with Crippen molar-refractivity contribution in [2.24, 2.45) is 0 Å². The molecule has 12 heavy (non-hydrogen) atoms. The van der Waals surface area contributed by atoms with E-state index in [0.29, 0.717) is 5.88 Å². The second-order valence-electron chi connectivity index (χ2n) is 3.79. The molecule has 0 aliphatic heterocycles. The number of ether oxygens (including phenoxy) is 1. The first-order valence-electron chi connectivity index (χ1n) is 4.72. The van der Waals surface area contributed by atoms with Crippen LogP contribution >= 0.6 is 0 Å². The van der Waals surface area contributed by atoms with Crippen LogP contribution in [-0.2, 0) is 4.74 Å². The van der Waals surface area contributed by atoms with Crippen LogP contribution in [0.15, 0.2) is 12.5 Å². The number of hydrogen-bond donors (Lipinski definition) is 1. The van der Waals surface area contributed by atoms with Gasteiger partial charge in [0.2, 0.25) is 0 Å². The van der Waals surface area contributed by atoms with Gasteiger partial charge >= 0.3 is 0 Å². The summed E-state index contributed by atoms with van der Waals surface area (Å²) in [7, 11) is 1.84. The molecule has 2 heteroatoms. The normalized spacial score (nSPS) is 21.5. The first kappa shape index (κ1) is 9.43. The molecule has 0 bridgehead atoms. The SMILES string of the molecule is C=C(NC)OC1(C)CCCCC1. The maximum Gasteiger partial charge on any atom is 0.179 e. The lowest BCUT2D eigenvalue weighted by Gasteiger charge is -2.34. The third kappa shape index (κ3) is 2.43. The van der Waals surface area contributed by atoms with Crippen molar-refractivity contribution >= 4 is 0 Å². The summed E-state index contributed by atoms with van der Waals surface area (Å²) in [4.78, 5) is 0. The van der Waals surface area contributed by atoms with Crippen molar-refractivity contribution in [3.05, 3.63) is 12.5 Å². The summed E-state index contributed by atoms with van der Waals surface area (Å²) in [5.74, 6) is 0.694. The first-order valence-corrected chi connectivity index (χ1v) is 4.72. The molecule has 0 aromatic rings. The van der Waals surface area contributed by atoms with Crippen LogP contribution in [0.5, 0.6) is 0 Å². The van der Waals surface area contributed by atoms with E-state index < -0.39 is 0 Å². The zero-order valence-electron chi connectivity index (χ0n) is 8.15. The summed E-state index contributed by atoms with van der Waals surface area (Å²) in [6.07, 6.45) is 6.24. The van der Waals surface area contributed by atoms with Gasteiger partial charge in [-0.05, 0) is 39.2 Å². The molecule has 1 saturated carbocycles. The van der Waals surface area contributed by atoms with Crippen molar-refractivity contribution in [1.29, 1.82) is 0 Å². The molecule has 2 nitrogen and oxygen atoms in total. The fourth-order valence-corrected chi connectivity index (χ4v) is 1.75. The number of hydrogen-bond acceptors (Lipinski definition) is 2. The molecule has 0 spiro atoms. The summed E-state index contributed by atoms with van der Waals surface area (Å²) in [6.45, 7) is 5.95. The highest BCUT2D eigenvalue weighted by atomic mass is 16.5. The van der Waals surface area contributed by atoms with Gasteiger partial charge in [-0.1, -0.05) is 6.42 Å². The van der Waals surface area contributed by atoms with Crippen LogP contribution in [0.4, 0.5) is 0 Å². The minimum Gasteiger partial charge on any atom is -0.474 e. The number of rotatable bonds is 3. The predicted molar refractivity (Wildman–Crippen MR) is 50.8 cm³/mol. The lowest BCUT2D eigenvalue weighted by Crippen LogP contribution is -2.33. The van der Waals surface area contributed by atoms with Crippen molar-refractivity contribution < 1.29 is 4.74 Å². The molecule has 0 amide bonds. The summed E-state index contributed by atoms with van der Waals surface area (Å²) in [5.41, 5.74) is 0.0400. The van der Waals surface area contributed by atoms with Crippen molar-refractivity contribution in [3.8, 4) is 0 Å². The van der Waals surface area contributed by atoms with Crippen LogP contribution in [-0.4, -0.2) is 12.6 Å². The van der Waals surface area contributed by atoms with Crippen LogP contribution in [0.1, 0.15) is 39.0 Å². The molecule has 1 aliphatic carbocycles. The van der Waals surface area contributed by atoms with E-state index in [4.69, 9.17) is 4.74 Å². The van der Waals surface area contributed by atoms with Crippen molar-refractivity contribution in [2.45, 2.75) is 44.6 Å². The lowest BCUT2D eigenvalue weighted by molar-refractivity contribution is -0.0188. The Hall–Kier alpha value is -0.660. The van der Waals surface area contributed by atoms with E-state index in [2.05, 4.69) is 18.8 Å². The lowest BCUT2D eigenvalue weighted by atomic mass is 9.86. The van der Waals surface area contributed by atoms with Gasteiger partial charge in [-0.3, -0.25) is 0 Å². The van der Waals surface area contributed by atoms with Gasteiger partial charge < -0.3 is 10.1 Å². The highest BCUT2D eigenvalue weighted by molar-refractivity contribution is 4.87. The van der Waals surface area contributed by atoms with Gasteiger partial charge in [0.05, 0.1) is 0 Å². The second kappa shape index (κ2) is 3.83. The molecule has 1 rings (SSSR count). The average molecular weight is 169 g/mol. The van der Waals surface area contributed by atoms with Crippen molar-refractivity contribution in [1.82, 2.24) is 5.32 Å². The van der Waals surface area contributed by atoms with Gasteiger partial charge in [0, 0.05) is 7.05 Å². The Morgan fingerprint density at radius 3 is 2.42 bits per heavy atom. The summed E-state index contributed by atoms with van der Waals surface area (Å²) in [5, 5.41) is 2.92. The largest absolute Gasteiger partial charge is 0.474 e. The fraction of sp³-hybridized carbons (Fsp3) is 0.800. The zero-order valence-corrected chi connectivity index (χ0v) is 8.15. The molecule has 0 unspecified atom stereocenters. The number of nitrogens with one attached hydrogen (secondary N) is 1. The monoisotopic (exact) mass is 169 g/mol. The molecular formula is C10H19NO. The van der Waals surface area contributed by atoms with E-state index in [1.165, 1.54) is 19.3 Å². The van der Waals surface area contributed by atoms with Gasteiger partial charge in [0.15, 0.2) is 5.88 Å². The van der Waals surface area contributed by atoms with Gasteiger partial charge in [0.1, 0.15) is 5.60 Å². The molecule has 0 heterocycles. The van der Waals surface area contributed by atoms with Crippen molar-refractivity contribution in [3.63, 3.8) is 0 Å². The van der Waals surface area contributed by atoms with E-state index in [-0.39, 0.29) is 5.60 Å². The Balaban J connectivity index is 2.41. The van der Waals surface area contributed by atoms with Crippen LogP contribution in [0.25, 0.3) is 0 Å². The molecule has 0 atom stereocenters. The van der Waals surface area contributed by atoms with Crippen LogP contribution in [0.3, 0.4) is 0 Å². The fourth-order valence-electron chi connectivity index (χ4n) is 1.75. The Kier molecular flexibility index (Phi) is 3.01. The van der Waals surface area contributed by atoms with Crippen LogP contribution in [0, 0.1) is 0 Å². The van der Waals surface area contributed by atoms with E-state index >= 15 is 0 Å². The Morgan fingerprint density at radius 2 is 1.92 bits per heavy atom. The molecule has 0 radical (unpaired) electrons. The summed E-state index contributed by atoms with van der Waals surface area (Å²) in [6, 6.07) is 0. The zero-order chi connectivity index (χ0) is 9.03. The Labute approximate surface area is 75.0 Å². The summed E-state index contributed by atoms with van der Waals surface area (Å²) < 4.78 is 5.72. The third-order valence-electron chi connectivity index (χ3n) is 2.56. The van der Waals surface area contributed by atoms with Crippen molar-refractivity contribution in [2.75, 3.05) is 7.05 Å². The molecule has 0 aromatic carbocycles. The first-order chi connectivity index (χ1) is 5.66. The van der Waals surface area contributed by atoms with E-state index in [0.717, 1.165) is 12.8 Å². The maximum absolute atomic E-state index is 5.72. The van der Waals surface area contributed by atoms with Crippen LogP contribution < -0.4 is 5.32 Å². The minimum atomic E-state index is 0.0400. The maximum atomic E-state index is 5.72. The molecule has 1 aliphatic rings. The molecule has 0 aromatic heterocycles. The standard InChI is InChI=1S/C10H19NO/c1-9(11-3)12-10(2)7-5-4-6-8-10/h11H,1,4-8H2,2-3H3. The third-order valence-corrected chi connectivity index (χ3v) is 2.56. The van der Waals surface area contributed by atoms with E-state index in [1.54, 1.807) is 0 Å². The van der Waals surface area contributed by atoms with Gasteiger partial charge in [0.25, 0.3) is 0 Å². The Morgan fingerprint density at radius 1 is 1.33 bits per heavy atom. The van der Waals surface area contributed by atoms with Crippen LogP contribution in [0.2, 0.25) is 0 Å². The van der Waals surface area contributed by atoms with Gasteiger partial charge in [-0.2, -0.15) is 0 Å². The quantitative estimate of drug-likeness (QED) is 0.655. The smallest absolute Gasteiger partial charge is 0.179 e. The molecule has 70 valence electrons. The minimum absolute atomic E-state index is 0.0400. The summed E-state index contributed by atoms with van der Waals surface area (Å²) >= 11 is 0. The second-order valence-corrected chi connectivity index (χ2v) is 3.79. The van der Waals surface area contributed by atoms with E-state index in [9.17, 15) is 0 Å². The molecular weight excluding hydrogens is 150 g/mol.